The van der Waals surface area contributed by atoms with Gasteiger partial charge in [-0.1, -0.05) is 6.07 Å². The number of nitrogens with zero attached hydrogens (tertiary/aromatic N) is 2. The van der Waals surface area contributed by atoms with E-state index in [0.717, 1.165) is 41.6 Å². The van der Waals surface area contributed by atoms with Crippen LogP contribution in [0.2, 0.25) is 0 Å². The zero-order valence-electron chi connectivity index (χ0n) is 18.5. The third kappa shape index (κ3) is 3.75. The van der Waals surface area contributed by atoms with E-state index >= 15 is 0 Å². The number of anilines is 1. The standard InChI is InChI=1S/C24H23F3N6O2/c25-24(26,27)14-2-1-3-15(9-14)33-20-16(22(34)32-23(33)35)11-29-18-5-4-17(31-19(18)20)13-8-12-6-7-28-21(12)30-10-13/h1-3,6-10,16-20,29,31H,4-5,11H2,(H,28,30)(H,32,34,35). The number of amides is 3. The summed E-state index contributed by atoms with van der Waals surface area (Å²) in [6.07, 6.45) is 0.663. The van der Waals surface area contributed by atoms with Gasteiger partial charge in [-0.25, -0.2) is 9.78 Å². The highest BCUT2D eigenvalue weighted by Gasteiger charge is 2.52. The molecule has 3 aromatic rings. The molecule has 182 valence electrons. The van der Waals surface area contributed by atoms with Gasteiger partial charge in [-0.2, -0.15) is 13.2 Å². The van der Waals surface area contributed by atoms with Crippen molar-refractivity contribution in [1.82, 2.24) is 25.9 Å². The number of hydrogen-bond acceptors (Lipinski definition) is 5. The van der Waals surface area contributed by atoms with E-state index in [1.165, 1.54) is 17.0 Å². The van der Waals surface area contributed by atoms with Crippen molar-refractivity contribution in [2.75, 3.05) is 11.4 Å². The lowest BCUT2D eigenvalue weighted by molar-refractivity contribution is -0.137. The van der Waals surface area contributed by atoms with Crippen LogP contribution < -0.4 is 20.9 Å². The summed E-state index contributed by atoms with van der Waals surface area (Å²) in [4.78, 5) is 34.6. The van der Waals surface area contributed by atoms with Crippen LogP contribution >= 0.6 is 0 Å². The molecule has 0 spiro atoms. The van der Waals surface area contributed by atoms with Crippen LogP contribution in [0.5, 0.6) is 0 Å². The summed E-state index contributed by atoms with van der Waals surface area (Å²) >= 11 is 0. The van der Waals surface area contributed by atoms with Crippen molar-refractivity contribution in [2.24, 2.45) is 5.92 Å². The lowest BCUT2D eigenvalue weighted by atomic mass is 9.76. The largest absolute Gasteiger partial charge is 0.416 e. The molecule has 35 heavy (non-hydrogen) atoms. The lowest BCUT2D eigenvalue weighted by Crippen LogP contribution is -2.75. The first-order valence-electron chi connectivity index (χ1n) is 11.5. The van der Waals surface area contributed by atoms with Crippen LogP contribution in [0.1, 0.15) is 30.0 Å². The van der Waals surface area contributed by atoms with Gasteiger partial charge in [0.05, 0.1) is 17.5 Å². The minimum Gasteiger partial charge on any atom is -0.346 e. The molecule has 0 radical (unpaired) electrons. The van der Waals surface area contributed by atoms with Crippen LogP contribution in [-0.2, 0) is 11.0 Å². The Bertz CT molecular complexity index is 1310. The molecule has 0 bridgehead atoms. The molecule has 11 heteroatoms. The number of benzene rings is 1. The normalized spacial score (nSPS) is 29.0. The lowest BCUT2D eigenvalue weighted by Gasteiger charge is -2.53. The molecule has 5 unspecified atom stereocenters. The van der Waals surface area contributed by atoms with E-state index in [1.54, 1.807) is 6.20 Å². The number of aromatic nitrogens is 2. The molecule has 0 aliphatic carbocycles. The van der Waals surface area contributed by atoms with E-state index in [9.17, 15) is 22.8 Å². The summed E-state index contributed by atoms with van der Waals surface area (Å²) < 4.78 is 40.3. The highest BCUT2D eigenvalue weighted by Crippen LogP contribution is 2.38. The van der Waals surface area contributed by atoms with Gasteiger partial charge in [0, 0.05) is 48.1 Å². The average molecular weight is 484 g/mol. The first-order chi connectivity index (χ1) is 16.8. The summed E-state index contributed by atoms with van der Waals surface area (Å²) in [7, 11) is 0. The van der Waals surface area contributed by atoms with Gasteiger partial charge in [0.15, 0.2) is 0 Å². The van der Waals surface area contributed by atoms with Crippen LogP contribution in [0, 0.1) is 5.92 Å². The van der Waals surface area contributed by atoms with E-state index in [0.29, 0.717) is 6.54 Å². The van der Waals surface area contributed by atoms with Crippen molar-refractivity contribution in [2.45, 2.75) is 43.2 Å². The first kappa shape index (κ1) is 22.1. The molecule has 3 aliphatic heterocycles. The molecule has 4 N–H and O–H groups in total. The van der Waals surface area contributed by atoms with Crippen LogP contribution in [-0.4, -0.2) is 46.6 Å². The molecule has 3 aliphatic rings. The van der Waals surface area contributed by atoms with E-state index in [2.05, 4.69) is 25.9 Å². The van der Waals surface area contributed by atoms with Crippen LogP contribution in [0.3, 0.4) is 0 Å². The minimum atomic E-state index is -4.55. The smallest absolute Gasteiger partial charge is 0.346 e. The maximum absolute atomic E-state index is 13.4. The van der Waals surface area contributed by atoms with Crippen molar-refractivity contribution in [3.8, 4) is 0 Å². The number of H-pyrrole nitrogens is 1. The Labute approximate surface area is 198 Å². The van der Waals surface area contributed by atoms with Gasteiger partial charge < -0.3 is 15.6 Å². The Morgan fingerprint density at radius 2 is 1.94 bits per heavy atom. The fourth-order valence-electron chi connectivity index (χ4n) is 5.69. The van der Waals surface area contributed by atoms with Gasteiger partial charge in [0.2, 0.25) is 5.91 Å². The number of alkyl halides is 3. The van der Waals surface area contributed by atoms with Crippen LogP contribution in [0.4, 0.5) is 23.7 Å². The Balaban J connectivity index is 1.37. The van der Waals surface area contributed by atoms with Crippen molar-refractivity contribution < 1.29 is 22.8 Å². The SMILES string of the molecule is O=C1NC(=O)N(c2cccc(C(F)(F)F)c2)C2C1CNC1CCC(c3cnc4[nH]ccc4c3)NC12. The summed E-state index contributed by atoms with van der Waals surface area (Å²) in [6, 6.07) is 6.87. The molecule has 3 fully saturated rings. The van der Waals surface area contributed by atoms with Gasteiger partial charge >= 0.3 is 12.2 Å². The van der Waals surface area contributed by atoms with E-state index in [-0.39, 0.29) is 23.8 Å². The Morgan fingerprint density at radius 3 is 2.77 bits per heavy atom. The third-order valence-electron chi connectivity index (χ3n) is 7.33. The van der Waals surface area contributed by atoms with E-state index < -0.39 is 35.6 Å². The van der Waals surface area contributed by atoms with Crippen LogP contribution in [0.25, 0.3) is 11.0 Å². The number of pyridine rings is 1. The molecule has 8 nitrogen and oxygen atoms in total. The summed E-state index contributed by atoms with van der Waals surface area (Å²) in [5.41, 5.74) is 1.03. The second-order valence-corrected chi connectivity index (χ2v) is 9.33. The maximum atomic E-state index is 13.4. The Morgan fingerprint density at radius 1 is 1.09 bits per heavy atom. The number of hydrogen-bond donors (Lipinski definition) is 4. The van der Waals surface area contributed by atoms with Gasteiger partial charge in [0.25, 0.3) is 0 Å². The summed E-state index contributed by atoms with van der Waals surface area (Å²) in [5, 5.41) is 10.3. The van der Waals surface area contributed by atoms with Gasteiger partial charge in [-0.15, -0.1) is 0 Å². The highest BCUT2D eigenvalue weighted by molar-refractivity contribution is 6.07. The molecule has 2 aromatic heterocycles. The number of carbonyl (C=O) groups is 2. The van der Waals surface area contributed by atoms with Gasteiger partial charge in [-0.3, -0.25) is 15.0 Å². The van der Waals surface area contributed by atoms with Crippen molar-refractivity contribution >= 4 is 28.7 Å². The molecular weight excluding hydrogens is 461 g/mol. The monoisotopic (exact) mass is 484 g/mol. The van der Waals surface area contributed by atoms with Gasteiger partial charge in [-0.05, 0) is 48.7 Å². The molecule has 6 rings (SSSR count). The Hall–Kier alpha value is -3.44. The zero-order chi connectivity index (χ0) is 24.3. The zero-order valence-corrected chi connectivity index (χ0v) is 18.5. The van der Waals surface area contributed by atoms with Gasteiger partial charge in [0.1, 0.15) is 5.65 Å². The number of halogens is 3. The molecule has 5 heterocycles. The topological polar surface area (TPSA) is 102 Å². The fourth-order valence-corrected chi connectivity index (χ4v) is 5.69. The summed E-state index contributed by atoms with van der Waals surface area (Å²) in [5.74, 6) is -1.03. The molecule has 3 saturated heterocycles. The van der Waals surface area contributed by atoms with Crippen LogP contribution in [0.15, 0.2) is 48.8 Å². The quantitative estimate of drug-likeness (QED) is 0.448. The number of rotatable bonds is 2. The van der Waals surface area contributed by atoms with E-state index in [1.807, 2.05) is 18.3 Å². The number of fused-ring (bicyclic) bond motifs is 4. The molecule has 5 atom stereocenters. The van der Waals surface area contributed by atoms with Crippen molar-refractivity contribution in [3.63, 3.8) is 0 Å². The number of piperidine rings is 2. The van der Waals surface area contributed by atoms with Crippen molar-refractivity contribution in [3.05, 3.63) is 59.9 Å². The minimum absolute atomic E-state index is 0.0385. The second kappa shape index (κ2) is 8.06. The molecule has 3 amide bonds. The third-order valence-corrected chi connectivity index (χ3v) is 7.33. The predicted molar refractivity (Wildman–Crippen MR) is 122 cm³/mol. The molecule has 0 saturated carbocycles. The number of carbonyl (C=O) groups excluding carboxylic acids is 2. The van der Waals surface area contributed by atoms with E-state index in [4.69, 9.17) is 0 Å². The first-order valence-corrected chi connectivity index (χ1v) is 11.5. The maximum Gasteiger partial charge on any atom is 0.416 e. The van der Waals surface area contributed by atoms with Crippen molar-refractivity contribution in [1.29, 1.82) is 0 Å². The average Bonchev–Trinajstić information content (AvgIpc) is 3.31. The Kier molecular flexibility index (Phi) is 5.08. The highest BCUT2D eigenvalue weighted by atomic mass is 19.4. The number of aromatic amines is 1. The number of nitrogens with one attached hydrogen (secondary N) is 4. The molecular formula is C24H23F3N6O2. The second-order valence-electron chi connectivity index (χ2n) is 9.33. The summed E-state index contributed by atoms with van der Waals surface area (Å²) in [6.45, 7) is 0.337. The molecule has 1 aromatic carbocycles. The predicted octanol–water partition coefficient (Wildman–Crippen LogP) is 3.09. The number of imide groups is 1. The number of urea groups is 1. The fraction of sp³-hybridized carbons (Fsp3) is 0.375.